The first-order chi connectivity index (χ1) is 3.63. The molecule has 0 amide bonds. The van der Waals surface area contributed by atoms with Gasteiger partial charge in [-0.2, -0.15) is 5.10 Å². The fourth-order valence-electron chi connectivity index (χ4n) is 0.214. The topological polar surface area (TPSA) is 15.6 Å². The van der Waals surface area contributed by atoms with Crippen LogP contribution < -0.4 is 0 Å². The fraction of sp³-hybridized carbons (Fsp3) is 0.500. The van der Waals surface area contributed by atoms with Gasteiger partial charge in [-0.1, -0.05) is 6.58 Å². The van der Waals surface area contributed by atoms with E-state index < -0.39 is 0 Å². The van der Waals surface area contributed by atoms with Gasteiger partial charge in [0.05, 0.1) is 0 Å². The molecule has 0 N–H and O–H groups in total. The summed E-state index contributed by atoms with van der Waals surface area (Å²) in [6.07, 6.45) is 1.72. The van der Waals surface area contributed by atoms with Crippen LogP contribution in [0, 0.1) is 0 Å². The summed E-state index contributed by atoms with van der Waals surface area (Å²) >= 11 is 0. The lowest BCUT2D eigenvalue weighted by molar-refractivity contribution is 0.440. The molecule has 0 atom stereocenters. The highest BCUT2D eigenvalue weighted by molar-refractivity contribution is 5.76. The minimum atomic E-state index is 0.971. The van der Waals surface area contributed by atoms with Crippen molar-refractivity contribution in [2.24, 2.45) is 5.10 Å². The van der Waals surface area contributed by atoms with Crippen LogP contribution in [0.3, 0.4) is 0 Å². The van der Waals surface area contributed by atoms with Crippen molar-refractivity contribution < 1.29 is 0 Å². The molecule has 0 aliphatic rings. The Balaban J connectivity index is 3.50. The molecule has 0 spiro atoms. The first-order valence-corrected chi connectivity index (χ1v) is 2.49. The van der Waals surface area contributed by atoms with Gasteiger partial charge in [0.1, 0.15) is 0 Å². The predicted octanol–water partition coefficient (Wildman–Crippen LogP) is 1.11. The molecule has 0 aliphatic heterocycles. The molecular formula is C6H12N2. The smallest absolute Gasteiger partial charge is 0.0493 e. The molecule has 8 heavy (non-hydrogen) atoms. The third kappa shape index (κ3) is 5.21. The van der Waals surface area contributed by atoms with E-state index in [1.165, 1.54) is 0 Å². The molecule has 0 bridgehead atoms. The molecule has 0 heterocycles. The Morgan fingerprint density at radius 2 is 2.12 bits per heavy atom. The summed E-state index contributed by atoms with van der Waals surface area (Å²) in [5.41, 5.74) is 0.971. The summed E-state index contributed by atoms with van der Waals surface area (Å²) < 4.78 is 0. The molecular weight excluding hydrogens is 100 g/mol. The van der Waals surface area contributed by atoms with Gasteiger partial charge in [-0.3, -0.25) is 0 Å². The molecule has 0 aromatic carbocycles. The zero-order valence-corrected chi connectivity index (χ0v) is 5.68. The highest BCUT2D eigenvalue weighted by Gasteiger charge is 1.75. The van der Waals surface area contributed by atoms with Crippen LogP contribution in [0.5, 0.6) is 0 Å². The summed E-state index contributed by atoms with van der Waals surface area (Å²) in [6, 6.07) is 0. The van der Waals surface area contributed by atoms with Gasteiger partial charge in [-0.15, -0.1) is 0 Å². The molecule has 2 nitrogen and oxygen atoms in total. The average molecular weight is 112 g/mol. The van der Waals surface area contributed by atoms with E-state index in [4.69, 9.17) is 0 Å². The van der Waals surface area contributed by atoms with Crippen LogP contribution in [0.15, 0.2) is 17.3 Å². The number of hydrazone groups is 1. The molecule has 0 aromatic heterocycles. The van der Waals surface area contributed by atoms with E-state index in [1.54, 1.807) is 11.2 Å². The normalized spacial score (nSPS) is 9.88. The second-order valence-electron chi connectivity index (χ2n) is 1.94. The third-order valence-corrected chi connectivity index (χ3v) is 0.509. The van der Waals surface area contributed by atoms with Gasteiger partial charge in [-0.05, 0) is 12.5 Å². The number of hydrogen-bond donors (Lipinski definition) is 0. The van der Waals surface area contributed by atoms with Crippen LogP contribution in [-0.2, 0) is 0 Å². The standard InChI is InChI=1S/C6H12N2/c1-6(2)5-7-8(3)4/h5H,1H2,2-4H3. The van der Waals surface area contributed by atoms with E-state index in [-0.39, 0.29) is 0 Å². The van der Waals surface area contributed by atoms with E-state index in [2.05, 4.69) is 11.7 Å². The van der Waals surface area contributed by atoms with E-state index in [0.29, 0.717) is 0 Å². The Morgan fingerprint density at radius 1 is 1.62 bits per heavy atom. The molecule has 0 rings (SSSR count). The average Bonchev–Trinajstić information content (AvgIpc) is 1.61. The lowest BCUT2D eigenvalue weighted by Gasteiger charge is -2.00. The molecule has 46 valence electrons. The van der Waals surface area contributed by atoms with Gasteiger partial charge in [-0.25, -0.2) is 0 Å². The molecule has 2 heteroatoms. The number of nitrogens with zero attached hydrogens (tertiary/aromatic N) is 2. The maximum atomic E-state index is 3.93. The molecule has 0 aromatic rings. The van der Waals surface area contributed by atoms with Crippen molar-refractivity contribution in [3.05, 3.63) is 12.2 Å². The Hall–Kier alpha value is -0.790. The molecule has 0 unspecified atom stereocenters. The summed E-state index contributed by atoms with van der Waals surface area (Å²) in [7, 11) is 3.75. The van der Waals surface area contributed by atoms with Gasteiger partial charge in [0, 0.05) is 20.3 Å². The quantitative estimate of drug-likeness (QED) is 0.386. The van der Waals surface area contributed by atoms with Gasteiger partial charge in [0.15, 0.2) is 0 Å². The lowest BCUT2D eigenvalue weighted by atomic mass is 10.4. The second kappa shape index (κ2) is 3.24. The maximum absolute atomic E-state index is 3.93. The number of hydrogen-bond acceptors (Lipinski definition) is 2. The van der Waals surface area contributed by atoms with Crippen LogP contribution in [0.25, 0.3) is 0 Å². The number of rotatable bonds is 2. The van der Waals surface area contributed by atoms with Gasteiger partial charge in [0.2, 0.25) is 0 Å². The molecule has 0 saturated heterocycles. The van der Waals surface area contributed by atoms with Gasteiger partial charge >= 0.3 is 0 Å². The van der Waals surface area contributed by atoms with Gasteiger partial charge in [0.25, 0.3) is 0 Å². The van der Waals surface area contributed by atoms with E-state index in [0.717, 1.165) is 5.57 Å². The monoisotopic (exact) mass is 112 g/mol. The van der Waals surface area contributed by atoms with Crippen molar-refractivity contribution in [2.45, 2.75) is 6.92 Å². The van der Waals surface area contributed by atoms with Crippen LogP contribution in [0.1, 0.15) is 6.92 Å². The Labute approximate surface area is 50.5 Å². The minimum Gasteiger partial charge on any atom is -0.303 e. The summed E-state index contributed by atoms with van der Waals surface area (Å²) in [4.78, 5) is 0. The van der Waals surface area contributed by atoms with E-state index in [1.807, 2.05) is 21.0 Å². The van der Waals surface area contributed by atoms with Crippen molar-refractivity contribution in [3.8, 4) is 0 Å². The Bertz CT molecular complexity index is 103. The SMILES string of the molecule is C=C(C)C=NN(C)C. The largest absolute Gasteiger partial charge is 0.303 e. The van der Waals surface area contributed by atoms with Crippen molar-refractivity contribution in [1.29, 1.82) is 0 Å². The zero-order valence-electron chi connectivity index (χ0n) is 5.68. The van der Waals surface area contributed by atoms with Crippen molar-refractivity contribution in [1.82, 2.24) is 5.01 Å². The van der Waals surface area contributed by atoms with Crippen molar-refractivity contribution in [2.75, 3.05) is 14.1 Å². The first kappa shape index (κ1) is 7.21. The maximum Gasteiger partial charge on any atom is 0.0493 e. The van der Waals surface area contributed by atoms with Crippen molar-refractivity contribution >= 4 is 6.21 Å². The molecule has 0 saturated carbocycles. The Kier molecular flexibility index (Phi) is 2.92. The van der Waals surface area contributed by atoms with E-state index >= 15 is 0 Å². The van der Waals surface area contributed by atoms with Crippen LogP contribution >= 0.6 is 0 Å². The summed E-state index contributed by atoms with van der Waals surface area (Å²) in [5.74, 6) is 0. The van der Waals surface area contributed by atoms with E-state index in [9.17, 15) is 0 Å². The zero-order chi connectivity index (χ0) is 6.57. The third-order valence-electron chi connectivity index (χ3n) is 0.509. The van der Waals surface area contributed by atoms with Crippen LogP contribution in [0.4, 0.5) is 0 Å². The van der Waals surface area contributed by atoms with Crippen LogP contribution in [-0.4, -0.2) is 25.3 Å². The lowest BCUT2D eigenvalue weighted by Crippen LogP contribution is -2.01. The second-order valence-corrected chi connectivity index (χ2v) is 1.94. The highest BCUT2D eigenvalue weighted by atomic mass is 15.4. The predicted molar refractivity (Wildman–Crippen MR) is 37.0 cm³/mol. The Morgan fingerprint density at radius 3 is 2.25 bits per heavy atom. The number of allylic oxidation sites excluding steroid dienone is 1. The summed E-state index contributed by atoms with van der Waals surface area (Å²) in [5, 5.41) is 5.66. The molecule has 0 aliphatic carbocycles. The van der Waals surface area contributed by atoms with Crippen LogP contribution in [0.2, 0.25) is 0 Å². The first-order valence-electron chi connectivity index (χ1n) is 2.49. The highest BCUT2D eigenvalue weighted by Crippen LogP contribution is 1.80. The summed E-state index contributed by atoms with van der Waals surface area (Å²) in [6.45, 7) is 5.56. The van der Waals surface area contributed by atoms with Crippen molar-refractivity contribution in [3.63, 3.8) is 0 Å². The molecule has 0 radical (unpaired) electrons. The minimum absolute atomic E-state index is 0.971. The molecule has 0 fully saturated rings. The van der Waals surface area contributed by atoms with Gasteiger partial charge < -0.3 is 5.01 Å². The fourth-order valence-corrected chi connectivity index (χ4v) is 0.214.